The molecule has 3 rings (SSSR count). The number of nitrogens with zero attached hydrogens (tertiary/aromatic N) is 4. The summed E-state index contributed by atoms with van der Waals surface area (Å²) in [6, 6.07) is -0.0382. The molecule has 0 spiro atoms. The van der Waals surface area contributed by atoms with Gasteiger partial charge in [0.05, 0.1) is 12.6 Å². The number of aryl methyl sites for hydroxylation is 1. The third kappa shape index (κ3) is 3.35. The van der Waals surface area contributed by atoms with Crippen LogP contribution in [-0.2, 0) is 11.8 Å². The van der Waals surface area contributed by atoms with E-state index in [1.807, 2.05) is 0 Å². The zero-order valence-electron chi connectivity index (χ0n) is 13.0. The van der Waals surface area contributed by atoms with E-state index < -0.39 is 18.0 Å². The first-order valence-electron chi connectivity index (χ1n) is 7.88. The van der Waals surface area contributed by atoms with Crippen LogP contribution in [0.1, 0.15) is 41.9 Å². The Morgan fingerprint density at radius 1 is 1.39 bits per heavy atom. The summed E-state index contributed by atoms with van der Waals surface area (Å²) in [6.45, 7) is 3.06. The number of hydrogen-bond acceptors (Lipinski definition) is 5. The molecule has 23 heavy (non-hydrogen) atoms. The number of likely N-dealkylation sites (tertiary alicyclic amines) is 1. The molecule has 0 radical (unpaired) electrons. The van der Waals surface area contributed by atoms with Crippen LogP contribution in [0.2, 0.25) is 0 Å². The molecule has 9 heteroatoms. The second-order valence-electron chi connectivity index (χ2n) is 6.00. The Kier molecular flexibility index (Phi) is 4.86. The second-order valence-corrected chi connectivity index (χ2v) is 6.00. The Bertz CT molecular complexity index is 559. The number of alkyl halides is 2. The number of amides is 1. The minimum atomic E-state index is -2.79. The normalized spacial score (nSPS) is 25.9. The maximum absolute atomic E-state index is 13.1. The highest BCUT2D eigenvalue weighted by molar-refractivity contribution is 5.93. The zero-order chi connectivity index (χ0) is 16.4. The highest BCUT2D eigenvalue weighted by Gasteiger charge is 2.35. The van der Waals surface area contributed by atoms with E-state index in [-0.39, 0.29) is 17.8 Å². The molecule has 2 fully saturated rings. The quantitative estimate of drug-likeness (QED) is 0.882. The summed E-state index contributed by atoms with van der Waals surface area (Å²) >= 11 is 0. The molecular weight excluding hydrogens is 308 g/mol. The van der Waals surface area contributed by atoms with Crippen molar-refractivity contribution in [2.24, 2.45) is 7.05 Å². The van der Waals surface area contributed by atoms with Crippen LogP contribution in [0.15, 0.2) is 0 Å². The Hall–Kier alpha value is -1.61. The van der Waals surface area contributed by atoms with Gasteiger partial charge in [-0.15, -0.1) is 5.10 Å². The van der Waals surface area contributed by atoms with Crippen molar-refractivity contribution < 1.29 is 18.3 Å². The maximum Gasteiger partial charge on any atom is 0.282 e. The van der Waals surface area contributed by atoms with Crippen LogP contribution in [0, 0.1) is 0 Å². The van der Waals surface area contributed by atoms with Crippen molar-refractivity contribution in [2.75, 3.05) is 26.3 Å². The zero-order valence-corrected chi connectivity index (χ0v) is 13.0. The van der Waals surface area contributed by atoms with Crippen LogP contribution in [0.25, 0.3) is 0 Å². The molecule has 0 aliphatic carbocycles. The largest absolute Gasteiger partial charge is 0.380 e. The van der Waals surface area contributed by atoms with Crippen molar-refractivity contribution in [3.8, 4) is 0 Å². The molecule has 2 atom stereocenters. The summed E-state index contributed by atoms with van der Waals surface area (Å²) in [7, 11) is 1.35. The van der Waals surface area contributed by atoms with Crippen molar-refractivity contribution >= 4 is 5.91 Å². The highest BCUT2D eigenvalue weighted by atomic mass is 19.3. The number of aromatic nitrogens is 3. The number of hydrogen-bond donors (Lipinski definition) is 1. The first kappa shape index (κ1) is 16.3. The molecule has 1 N–H and O–H groups in total. The lowest BCUT2D eigenvalue weighted by atomic mass is 10.0. The monoisotopic (exact) mass is 329 g/mol. The molecule has 1 aromatic rings. The van der Waals surface area contributed by atoms with Gasteiger partial charge in [-0.25, -0.2) is 13.5 Å². The van der Waals surface area contributed by atoms with Gasteiger partial charge in [0.15, 0.2) is 5.69 Å². The summed E-state index contributed by atoms with van der Waals surface area (Å²) in [6.07, 6.45) is 0.144. The third-order valence-electron chi connectivity index (χ3n) is 4.54. The van der Waals surface area contributed by atoms with Crippen LogP contribution in [0.5, 0.6) is 0 Å². The number of halogens is 2. The van der Waals surface area contributed by atoms with E-state index in [2.05, 4.69) is 20.5 Å². The summed E-state index contributed by atoms with van der Waals surface area (Å²) in [5.74, 6) is -0.593. The first-order valence-corrected chi connectivity index (χ1v) is 7.88. The summed E-state index contributed by atoms with van der Waals surface area (Å²) in [5, 5.41) is 10.0. The van der Waals surface area contributed by atoms with Crippen molar-refractivity contribution in [1.29, 1.82) is 0 Å². The van der Waals surface area contributed by atoms with Crippen LogP contribution in [0.3, 0.4) is 0 Å². The first-order chi connectivity index (χ1) is 11.1. The van der Waals surface area contributed by atoms with Gasteiger partial charge in [0.1, 0.15) is 5.69 Å². The van der Waals surface area contributed by atoms with Gasteiger partial charge >= 0.3 is 0 Å². The molecule has 1 amide bonds. The van der Waals surface area contributed by atoms with Gasteiger partial charge < -0.3 is 10.1 Å². The maximum atomic E-state index is 13.1. The smallest absolute Gasteiger partial charge is 0.282 e. The van der Waals surface area contributed by atoms with E-state index in [9.17, 15) is 13.6 Å². The topological polar surface area (TPSA) is 72.3 Å². The molecule has 2 aliphatic rings. The lowest BCUT2D eigenvalue weighted by Gasteiger charge is -2.37. The summed E-state index contributed by atoms with van der Waals surface area (Å²) < 4.78 is 32.6. The fourth-order valence-corrected chi connectivity index (χ4v) is 3.33. The highest BCUT2D eigenvalue weighted by Crippen LogP contribution is 2.22. The minimum Gasteiger partial charge on any atom is -0.380 e. The van der Waals surface area contributed by atoms with E-state index in [4.69, 9.17) is 4.74 Å². The molecule has 1 aromatic heterocycles. The third-order valence-corrected chi connectivity index (χ3v) is 4.54. The number of rotatable bonds is 4. The standard InChI is InChI=1S/C14H21F2N5O2/c1-20-12(13(15)16)11(18-19-20)14(22)17-9-4-7-23-8-10(9)21-5-2-3-6-21/h9-10,13H,2-8H2,1H3,(H,17,22). The predicted octanol–water partition coefficient (Wildman–Crippen LogP) is 0.736. The molecule has 7 nitrogen and oxygen atoms in total. The van der Waals surface area contributed by atoms with E-state index in [1.54, 1.807) is 0 Å². The van der Waals surface area contributed by atoms with Gasteiger partial charge in [-0.1, -0.05) is 5.21 Å². The molecule has 2 aliphatic heterocycles. The minimum absolute atomic E-state index is 0.0851. The molecule has 2 unspecified atom stereocenters. The van der Waals surface area contributed by atoms with E-state index in [0.717, 1.165) is 30.6 Å². The van der Waals surface area contributed by atoms with Gasteiger partial charge in [0.25, 0.3) is 12.3 Å². The average Bonchev–Trinajstić information content (AvgIpc) is 3.17. The molecule has 0 aromatic carbocycles. The molecular formula is C14H21F2N5O2. The second kappa shape index (κ2) is 6.88. The Morgan fingerprint density at radius 3 is 2.83 bits per heavy atom. The lowest BCUT2D eigenvalue weighted by molar-refractivity contribution is 0.00564. The van der Waals surface area contributed by atoms with Gasteiger partial charge in [0.2, 0.25) is 0 Å². The Balaban J connectivity index is 1.73. The predicted molar refractivity (Wildman–Crippen MR) is 77.2 cm³/mol. The van der Waals surface area contributed by atoms with Gasteiger partial charge in [0, 0.05) is 19.7 Å². The van der Waals surface area contributed by atoms with E-state index in [0.29, 0.717) is 19.6 Å². The fraction of sp³-hybridized carbons (Fsp3) is 0.786. The van der Waals surface area contributed by atoms with Crippen LogP contribution in [-0.4, -0.2) is 64.2 Å². The average molecular weight is 329 g/mol. The van der Waals surface area contributed by atoms with Crippen LogP contribution in [0.4, 0.5) is 8.78 Å². The lowest BCUT2D eigenvalue weighted by Crippen LogP contribution is -2.56. The Morgan fingerprint density at radius 2 is 2.13 bits per heavy atom. The van der Waals surface area contributed by atoms with E-state index in [1.165, 1.54) is 7.05 Å². The number of nitrogens with one attached hydrogen (secondary N) is 1. The number of ether oxygens (including phenoxy) is 1. The molecule has 0 bridgehead atoms. The van der Waals surface area contributed by atoms with Gasteiger partial charge in [-0.3, -0.25) is 9.69 Å². The fourth-order valence-electron chi connectivity index (χ4n) is 3.33. The Labute approximate surface area is 133 Å². The van der Waals surface area contributed by atoms with Crippen molar-refractivity contribution in [2.45, 2.75) is 37.8 Å². The van der Waals surface area contributed by atoms with Crippen molar-refractivity contribution in [3.05, 3.63) is 11.4 Å². The molecule has 3 heterocycles. The molecule has 2 saturated heterocycles. The summed E-state index contributed by atoms with van der Waals surface area (Å²) in [5.41, 5.74) is -0.749. The van der Waals surface area contributed by atoms with Crippen LogP contribution < -0.4 is 5.32 Å². The SMILES string of the molecule is Cn1nnc(C(=O)NC2CCOCC2N2CCCC2)c1C(F)F. The van der Waals surface area contributed by atoms with Crippen LogP contribution >= 0.6 is 0 Å². The van der Waals surface area contributed by atoms with Crippen molar-refractivity contribution in [1.82, 2.24) is 25.2 Å². The van der Waals surface area contributed by atoms with E-state index >= 15 is 0 Å². The molecule has 128 valence electrons. The number of carbonyl (C=O) groups is 1. The van der Waals surface area contributed by atoms with Gasteiger partial charge in [-0.05, 0) is 32.4 Å². The van der Waals surface area contributed by atoms with Gasteiger partial charge in [-0.2, -0.15) is 0 Å². The summed E-state index contributed by atoms with van der Waals surface area (Å²) in [4.78, 5) is 14.7. The van der Waals surface area contributed by atoms with Crippen molar-refractivity contribution in [3.63, 3.8) is 0 Å². The number of carbonyl (C=O) groups excluding carboxylic acids is 1. The molecule has 0 saturated carbocycles.